The first-order valence-electron chi connectivity index (χ1n) is 6.50. The summed E-state index contributed by atoms with van der Waals surface area (Å²) in [5, 5.41) is 0. The summed E-state index contributed by atoms with van der Waals surface area (Å²) in [6.07, 6.45) is 0. The predicted molar refractivity (Wildman–Crippen MR) is 72.1 cm³/mol. The highest BCUT2D eigenvalue weighted by molar-refractivity contribution is 6.00. The number of hydrogen-bond donors (Lipinski definition) is 0. The van der Waals surface area contributed by atoms with Crippen LogP contribution in [0.5, 0.6) is 5.75 Å². The lowest BCUT2D eigenvalue weighted by Gasteiger charge is -2.15. The van der Waals surface area contributed by atoms with Crippen LogP contribution in [-0.4, -0.2) is 37.4 Å². The molecule has 0 radical (unpaired) electrons. The fourth-order valence-corrected chi connectivity index (χ4v) is 2.54. The molecule has 0 saturated carbocycles. The van der Waals surface area contributed by atoms with E-state index < -0.39 is 0 Å². The Hall–Kier alpha value is -1.35. The fourth-order valence-electron chi connectivity index (χ4n) is 2.54. The molecule has 18 heavy (non-hydrogen) atoms. The normalized spacial score (nSPS) is 24.2. The molecule has 1 aliphatic heterocycles. The van der Waals surface area contributed by atoms with Crippen molar-refractivity contribution in [2.75, 3.05) is 26.7 Å². The Morgan fingerprint density at radius 2 is 1.89 bits per heavy atom. The molecule has 98 valence electrons. The van der Waals surface area contributed by atoms with Crippen molar-refractivity contribution in [1.29, 1.82) is 0 Å². The Bertz CT molecular complexity index is 420. The lowest BCUT2D eigenvalue weighted by Crippen LogP contribution is -2.28. The van der Waals surface area contributed by atoms with Crippen molar-refractivity contribution >= 4 is 5.78 Å². The minimum absolute atomic E-state index is 0.147. The molecular weight excluding hydrogens is 226 g/mol. The van der Waals surface area contributed by atoms with Gasteiger partial charge in [-0.3, -0.25) is 9.69 Å². The maximum Gasteiger partial charge on any atom is 0.180 e. The van der Waals surface area contributed by atoms with E-state index in [2.05, 4.69) is 18.7 Å². The van der Waals surface area contributed by atoms with Crippen LogP contribution < -0.4 is 4.74 Å². The molecule has 1 saturated heterocycles. The molecule has 0 bridgehead atoms. The highest BCUT2D eigenvalue weighted by Crippen LogP contribution is 2.23. The van der Waals surface area contributed by atoms with Gasteiger partial charge in [0, 0.05) is 13.1 Å². The molecule has 1 aromatic rings. The van der Waals surface area contributed by atoms with Crippen molar-refractivity contribution in [1.82, 2.24) is 4.90 Å². The summed E-state index contributed by atoms with van der Waals surface area (Å²) in [5.41, 5.74) is 0.687. The van der Waals surface area contributed by atoms with Crippen molar-refractivity contribution in [2.24, 2.45) is 11.8 Å². The molecule has 0 spiro atoms. The Morgan fingerprint density at radius 3 is 2.50 bits per heavy atom. The van der Waals surface area contributed by atoms with Crippen LogP contribution in [0.4, 0.5) is 0 Å². The van der Waals surface area contributed by atoms with Crippen LogP contribution in [-0.2, 0) is 0 Å². The van der Waals surface area contributed by atoms with Gasteiger partial charge in [0.25, 0.3) is 0 Å². The highest BCUT2D eigenvalue weighted by atomic mass is 16.5. The molecule has 2 atom stereocenters. The standard InChI is InChI=1S/C15H21NO2/c1-11-8-16(9-12(11)2)10-14(17)13-6-4-5-7-15(13)18-3/h4-7,11-12H,8-10H2,1-3H3. The van der Waals surface area contributed by atoms with Crippen LogP contribution in [0.3, 0.4) is 0 Å². The first-order chi connectivity index (χ1) is 8.61. The van der Waals surface area contributed by atoms with Gasteiger partial charge in [0.1, 0.15) is 5.75 Å². The Balaban J connectivity index is 2.04. The number of rotatable bonds is 4. The Kier molecular flexibility index (Phi) is 4.02. The summed E-state index contributed by atoms with van der Waals surface area (Å²) in [6, 6.07) is 7.44. The number of likely N-dealkylation sites (tertiary alicyclic amines) is 1. The monoisotopic (exact) mass is 247 g/mol. The molecule has 3 heteroatoms. The average molecular weight is 247 g/mol. The highest BCUT2D eigenvalue weighted by Gasteiger charge is 2.27. The van der Waals surface area contributed by atoms with Crippen molar-refractivity contribution in [3.05, 3.63) is 29.8 Å². The lowest BCUT2D eigenvalue weighted by molar-refractivity contribution is 0.0939. The minimum Gasteiger partial charge on any atom is -0.496 e. The SMILES string of the molecule is COc1ccccc1C(=O)CN1CC(C)C(C)C1. The van der Waals surface area contributed by atoms with Crippen LogP contribution in [0, 0.1) is 11.8 Å². The van der Waals surface area contributed by atoms with Crippen LogP contribution in [0.25, 0.3) is 0 Å². The number of benzene rings is 1. The number of carbonyl (C=O) groups is 1. The molecule has 1 aromatic carbocycles. The van der Waals surface area contributed by atoms with Crippen LogP contribution in [0.15, 0.2) is 24.3 Å². The third-order valence-corrected chi connectivity index (χ3v) is 3.84. The summed E-state index contributed by atoms with van der Waals surface area (Å²) in [6.45, 7) is 7.02. The number of nitrogens with zero attached hydrogens (tertiary/aromatic N) is 1. The number of hydrogen-bond acceptors (Lipinski definition) is 3. The molecule has 0 N–H and O–H groups in total. The van der Waals surface area contributed by atoms with Gasteiger partial charge in [-0.05, 0) is 24.0 Å². The van der Waals surface area contributed by atoms with Gasteiger partial charge >= 0.3 is 0 Å². The Labute approximate surface area is 109 Å². The van der Waals surface area contributed by atoms with Gasteiger partial charge in [0.2, 0.25) is 0 Å². The van der Waals surface area contributed by atoms with E-state index in [0.29, 0.717) is 29.7 Å². The van der Waals surface area contributed by atoms with E-state index >= 15 is 0 Å². The summed E-state index contributed by atoms with van der Waals surface area (Å²) in [4.78, 5) is 14.5. The Morgan fingerprint density at radius 1 is 1.28 bits per heavy atom. The van der Waals surface area contributed by atoms with Crippen molar-refractivity contribution in [2.45, 2.75) is 13.8 Å². The second-order valence-corrected chi connectivity index (χ2v) is 5.27. The summed E-state index contributed by atoms with van der Waals surface area (Å²) >= 11 is 0. The molecule has 1 fully saturated rings. The average Bonchev–Trinajstić information content (AvgIpc) is 2.68. The van der Waals surface area contributed by atoms with Gasteiger partial charge in [-0.2, -0.15) is 0 Å². The molecule has 1 heterocycles. The van der Waals surface area contributed by atoms with Crippen molar-refractivity contribution in [3.63, 3.8) is 0 Å². The van der Waals surface area contributed by atoms with E-state index in [0.717, 1.165) is 13.1 Å². The molecular formula is C15H21NO2. The van der Waals surface area contributed by atoms with E-state index in [4.69, 9.17) is 4.74 Å². The zero-order valence-corrected chi connectivity index (χ0v) is 11.3. The predicted octanol–water partition coefficient (Wildman–Crippen LogP) is 2.47. The van der Waals surface area contributed by atoms with E-state index in [9.17, 15) is 4.79 Å². The summed E-state index contributed by atoms with van der Waals surface area (Å²) in [7, 11) is 1.60. The number of methoxy groups -OCH3 is 1. The van der Waals surface area contributed by atoms with Crippen LogP contribution in [0.2, 0.25) is 0 Å². The van der Waals surface area contributed by atoms with Gasteiger partial charge in [-0.15, -0.1) is 0 Å². The number of ketones is 1. The van der Waals surface area contributed by atoms with Crippen molar-refractivity contribution < 1.29 is 9.53 Å². The first kappa shape index (κ1) is 13.1. The smallest absolute Gasteiger partial charge is 0.180 e. The quantitative estimate of drug-likeness (QED) is 0.765. The van der Waals surface area contributed by atoms with Gasteiger partial charge in [0.05, 0.1) is 19.2 Å². The second kappa shape index (κ2) is 5.53. The fraction of sp³-hybridized carbons (Fsp3) is 0.533. The van der Waals surface area contributed by atoms with Crippen molar-refractivity contribution in [3.8, 4) is 5.75 Å². The van der Waals surface area contributed by atoms with E-state index in [1.807, 2.05) is 24.3 Å². The molecule has 3 nitrogen and oxygen atoms in total. The molecule has 1 aliphatic rings. The molecule has 0 amide bonds. The lowest BCUT2D eigenvalue weighted by atomic mass is 10.0. The molecule has 2 unspecified atom stereocenters. The largest absolute Gasteiger partial charge is 0.496 e. The molecule has 0 aromatic heterocycles. The summed E-state index contributed by atoms with van der Waals surface area (Å²) < 4.78 is 5.23. The van der Waals surface area contributed by atoms with E-state index in [1.165, 1.54) is 0 Å². The van der Waals surface area contributed by atoms with Crippen LogP contribution >= 0.6 is 0 Å². The molecule has 0 aliphatic carbocycles. The van der Waals surface area contributed by atoms with E-state index in [-0.39, 0.29) is 5.78 Å². The maximum absolute atomic E-state index is 12.3. The van der Waals surface area contributed by atoms with Gasteiger partial charge in [0.15, 0.2) is 5.78 Å². The third kappa shape index (κ3) is 2.72. The topological polar surface area (TPSA) is 29.5 Å². The van der Waals surface area contributed by atoms with Gasteiger partial charge < -0.3 is 4.74 Å². The third-order valence-electron chi connectivity index (χ3n) is 3.84. The van der Waals surface area contributed by atoms with Gasteiger partial charge in [-0.1, -0.05) is 26.0 Å². The van der Waals surface area contributed by atoms with Gasteiger partial charge in [-0.25, -0.2) is 0 Å². The van der Waals surface area contributed by atoms with E-state index in [1.54, 1.807) is 7.11 Å². The number of carbonyl (C=O) groups excluding carboxylic acids is 1. The number of ether oxygens (including phenoxy) is 1. The number of para-hydroxylation sites is 1. The summed E-state index contributed by atoms with van der Waals surface area (Å²) in [5.74, 6) is 2.17. The maximum atomic E-state index is 12.3. The number of Topliss-reactive ketones (excluding diaryl/α,β-unsaturated/α-hetero) is 1. The first-order valence-corrected chi connectivity index (χ1v) is 6.50. The zero-order chi connectivity index (χ0) is 13.1. The minimum atomic E-state index is 0.147. The second-order valence-electron chi connectivity index (χ2n) is 5.27. The zero-order valence-electron chi connectivity index (χ0n) is 11.3. The molecule has 2 rings (SSSR count). The van der Waals surface area contributed by atoms with Crippen LogP contribution in [0.1, 0.15) is 24.2 Å².